The summed E-state index contributed by atoms with van der Waals surface area (Å²) in [4.78, 5) is 11.6. The van der Waals surface area contributed by atoms with Gasteiger partial charge in [0.1, 0.15) is 11.4 Å². The number of carbonyl (C=O) groups excluding carboxylic acids is 1. The molecule has 2 rings (SSSR count). The van der Waals surface area contributed by atoms with Crippen LogP contribution >= 0.6 is 0 Å². The minimum Gasteiger partial charge on any atom is -0.482 e. The summed E-state index contributed by atoms with van der Waals surface area (Å²) in [5.41, 5.74) is 1.77. The van der Waals surface area contributed by atoms with Crippen molar-refractivity contribution in [2.24, 2.45) is 0 Å². The molecule has 0 bridgehead atoms. The monoisotopic (exact) mass is 314 g/mol. The van der Waals surface area contributed by atoms with Crippen molar-refractivity contribution in [1.29, 1.82) is 0 Å². The Morgan fingerprint density at radius 1 is 0.870 bits per heavy atom. The van der Waals surface area contributed by atoms with Crippen LogP contribution in [0.1, 0.15) is 34.6 Å². The number of carbonyl (C=O) groups is 1. The molecule has 2 aromatic carbocycles. The lowest BCUT2D eigenvalue weighted by molar-refractivity contribution is -0.157. The fourth-order valence-corrected chi connectivity index (χ4v) is 1.89. The molecule has 0 unspecified atom stereocenters. The molecule has 124 valence electrons. The van der Waals surface area contributed by atoms with E-state index in [-0.39, 0.29) is 12.6 Å². The minimum absolute atomic E-state index is 0.0814. The van der Waals surface area contributed by atoms with Crippen LogP contribution in [0.3, 0.4) is 0 Å². The van der Waals surface area contributed by atoms with Crippen molar-refractivity contribution in [2.45, 2.75) is 40.2 Å². The van der Waals surface area contributed by atoms with Crippen LogP contribution in [0.4, 0.5) is 0 Å². The number of esters is 1. The number of hydrogen-bond acceptors (Lipinski definition) is 3. The van der Waals surface area contributed by atoms with Gasteiger partial charge in [-0.2, -0.15) is 0 Å². The van der Waals surface area contributed by atoms with E-state index < -0.39 is 5.60 Å². The average molecular weight is 314 g/mol. The summed E-state index contributed by atoms with van der Waals surface area (Å²) in [5.74, 6) is 0.287. The highest BCUT2D eigenvalue weighted by Crippen LogP contribution is 2.22. The molecule has 0 spiro atoms. The molecule has 0 amide bonds. The van der Waals surface area contributed by atoms with Gasteiger partial charge in [-0.3, -0.25) is 0 Å². The van der Waals surface area contributed by atoms with Crippen molar-refractivity contribution in [3.05, 3.63) is 54.6 Å². The summed E-state index contributed by atoms with van der Waals surface area (Å²) >= 11 is 0. The third-order valence-electron chi connectivity index (χ3n) is 2.74. The van der Waals surface area contributed by atoms with Crippen molar-refractivity contribution in [3.8, 4) is 16.9 Å². The molecule has 0 radical (unpaired) electrons. The van der Waals surface area contributed by atoms with Gasteiger partial charge in [-0.1, -0.05) is 56.3 Å². The number of hydrogen-bond donors (Lipinski definition) is 0. The standard InChI is InChI=1S/C18H20O3.C2H6/c1-18(2,3)21-17(19)13-20-16-11-9-15(10-12-16)14-7-5-4-6-8-14;1-2/h4-12H,13H2,1-3H3;1-2H3. The SMILES string of the molecule is CC.CC(C)(C)OC(=O)COc1ccc(-c2ccccc2)cc1. The summed E-state index contributed by atoms with van der Waals surface area (Å²) in [7, 11) is 0. The Labute approximate surface area is 139 Å². The topological polar surface area (TPSA) is 35.5 Å². The van der Waals surface area contributed by atoms with Crippen LogP contribution in [0.2, 0.25) is 0 Å². The van der Waals surface area contributed by atoms with E-state index in [0.29, 0.717) is 5.75 Å². The lowest BCUT2D eigenvalue weighted by atomic mass is 10.1. The summed E-state index contributed by atoms with van der Waals surface area (Å²) < 4.78 is 10.6. The molecule has 23 heavy (non-hydrogen) atoms. The maximum Gasteiger partial charge on any atom is 0.344 e. The first-order chi connectivity index (χ1) is 10.9. The van der Waals surface area contributed by atoms with Gasteiger partial charge in [-0.25, -0.2) is 4.79 Å². The van der Waals surface area contributed by atoms with Crippen LogP contribution in [0.25, 0.3) is 11.1 Å². The normalized spacial score (nSPS) is 10.3. The van der Waals surface area contributed by atoms with Gasteiger partial charge >= 0.3 is 5.97 Å². The Hall–Kier alpha value is -2.29. The Morgan fingerprint density at radius 3 is 1.91 bits per heavy atom. The zero-order valence-corrected chi connectivity index (χ0v) is 14.6. The van der Waals surface area contributed by atoms with Crippen molar-refractivity contribution in [1.82, 2.24) is 0 Å². The van der Waals surface area contributed by atoms with Gasteiger partial charge in [0.2, 0.25) is 0 Å². The fraction of sp³-hybridized carbons (Fsp3) is 0.350. The Bertz CT molecular complexity index is 581. The maximum absolute atomic E-state index is 11.6. The average Bonchev–Trinajstić information content (AvgIpc) is 2.55. The number of ether oxygens (including phenoxy) is 2. The van der Waals surface area contributed by atoms with Crippen LogP contribution < -0.4 is 4.74 Å². The molecule has 0 saturated carbocycles. The summed E-state index contributed by atoms with van der Waals surface area (Å²) in [6.07, 6.45) is 0. The zero-order valence-electron chi connectivity index (χ0n) is 14.6. The Morgan fingerprint density at radius 2 is 1.39 bits per heavy atom. The van der Waals surface area contributed by atoms with Crippen molar-refractivity contribution < 1.29 is 14.3 Å². The molecule has 0 saturated heterocycles. The molecule has 0 atom stereocenters. The smallest absolute Gasteiger partial charge is 0.344 e. The second-order valence-corrected chi connectivity index (χ2v) is 5.77. The van der Waals surface area contributed by atoms with Gasteiger partial charge in [-0.15, -0.1) is 0 Å². The van der Waals surface area contributed by atoms with E-state index in [1.54, 1.807) is 0 Å². The predicted molar refractivity (Wildman–Crippen MR) is 94.6 cm³/mol. The maximum atomic E-state index is 11.6. The van der Waals surface area contributed by atoms with E-state index >= 15 is 0 Å². The largest absolute Gasteiger partial charge is 0.482 e. The molecule has 0 fully saturated rings. The summed E-state index contributed by atoms with van der Waals surface area (Å²) in [6, 6.07) is 17.7. The molecule has 0 aliphatic rings. The van der Waals surface area contributed by atoms with Gasteiger partial charge in [0.25, 0.3) is 0 Å². The van der Waals surface area contributed by atoms with Crippen molar-refractivity contribution in [3.63, 3.8) is 0 Å². The molecule has 2 aromatic rings. The highest BCUT2D eigenvalue weighted by atomic mass is 16.6. The first-order valence-corrected chi connectivity index (χ1v) is 7.94. The summed E-state index contributed by atoms with van der Waals surface area (Å²) in [5, 5.41) is 0. The van der Waals surface area contributed by atoms with Gasteiger partial charge in [-0.05, 0) is 44.0 Å². The second-order valence-electron chi connectivity index (χ2n) is 5.77. The van der Waals surface area contributed by atoms with E-state index in [4.69, 9.17) is 9.47 Å². The lowest BCUT2D eigenvalue weighted by Gasteiger charge is -2.19. The van der Waals surface area contributed by atoms with Crippen LogP contribution in [-0.2, 0) is 9.53 Å². The van der Waals surface area contributed by atoms with E-state index in [1.807, 2.05) is 77.1 Å². The van der Waals surface area contributed by atoms with Gasteiger partial charge in [0.15, 0.2) is 6.61 Å². The van der Waals surface area contributed by atoms with E-state index in [2.05, 4.69) is 12.1 Å². The molecule has 0 aliphatic carbocycles. The molecule has 0 N–H and O–H groups in total. The molecule has 0 aliphatic heterocycles. The van der Waals surface area contributed by atoms with E-state index in [9.17, 15) is 4.79 Å². The molecular weight excluding hydrogens is 288 g/mol. The van der Waals surface area contributed by atoms with Crippen molar-refractivity contribution >= 4 is 5.97 Å². The minimum atomic E-state index is -0.488. The van der Waals surface area contributed by atoms with Crippen LogP contribution in [0, 0.1) is 0 Å². The first kappa shape index (κ1) is 18.8. The highest BCUT2D eigenvalue weighted by molar-refractivity contribution is 5.71. The Kier molecular flexibility index (Phi) is 7.33. The van der Waals surface area contributed by atoms with Gasteiger partial charge in [0.05, 0.1) is 0 Å². The van der Waals surface area contributed by atoms with Gasteiger partial charge < -0.3 is 9.47 Å². The molecular formula is C20H26O3. The summed E-state index contributed by atoms with van der Waals surface area (Å²) in [6.45, 7) is 9.42. The third-order valence-corrected chi connectivity index (χ3v) is 2.74. The second kappa shape index (κ2) is 8.99. The zero-order chi connectivity index (χ0) is 17.3. The quantitative estimate of drug-likeness (QED) is 0.736. The first-order valence-electron chi connectivity index (χ1n) is 7.94. The number of rotatable bonds is 4. The van der Waals surface area contributed by atoms with Crippen LogP contribution in [0.15, 0.2) is 54.6 Å². The number of benzene rings is 2. The van der Waals surface area contributed by atoms with E-state index in [0.717, 1.165) is 11.1 Å². The van der Waals surface area contributed by atoms with Crippen LogP contribution in [0.5, 0.6) is 5.75 Å². The third kappa shape index (κ3) is 7.00. The predicted octanol–water partition coefficient (Wildman–Crippen LogP) is 5.10. The van der Waals surface area contributed by atoms with Crippen molar-refractivity contribution in [2.75, 3.05) is 6.61 Å². The molecule has 3 nitrogen and oxygen atoms in total. The lowest BCUT2D eigenvalue weighted by Crippen LogP contribution is -2.27. The van der Waals surface area contributed by atoms with E-state index in [1.165, 1.54) is 0 Å². The molecule has 3 heteroatoms. The molecule has 0 heterocycles. The fourth-order valence-electron chi connectivity index (χ4n) is 1.89. The molecule has 0 aromatic heterocycles. The highest BCUT2D eigenvalue weighted by Gasteiger charge is 2.16. The van der Waals surface area contributed by atoms with Gasteiger partial charge in [0, 0.05) is 0 Å². The Balaban J connectivity index is 0.00000127. The van der Waals surface area contributed by atoms with Crippen LogP contribution in [-0.4, -0.2) is 18.2 Å².